The molecule has 1 aliphatic rings. The highest BCUT2D eigenvalue weighted by Crippen LogP contribution is 2.37. The predicted molar refractivity (Wildman–Crippen MR) is 74.0 cm³/mol. The van der Waals surface area contributed by atoms with Crippen molar-refractivity contribution in [3.8, 4) is 0 Å². The van der Waals surface area contributed by atoms with Crippen molar-refractivity contribution in [2.75, 3.05) is 0 Å². The van der Waals surface area contributed by atoms with Crippen LogP contribution >= 0.6 is 0 Å². The van der Waals surface area contributed by atoms with Gasteiger partial charge in [-0.2, -0.15) is 5.10 Å². The van der Waals surface area contributed by atoms with Gasteiger partial charge in [-0.25, -0.2) is 0 Å². The zero-order valence-electron chi connectivity index (χ0n) is 11.8. The van der Waals surface area contributed by atoms with Crippen molar-refractivity contribution >= 4 is 5.97 Å². The van der Waals surface area contributed by atoms with Gasteiger partial charge in [0.05, 0.1) is 11.6 Å². The van der Waals surface area contributed by atoms with E-state index in [2.05, 4.69) is 5.10 Å². The minimum atomic E-state index is -0.626. The molecule has 19 heavy (non-hydrogen) atoms. The number of hydrogen-bond acceptors (Lipinski definition) is 2. The van der Waals surface area contributed by atoms with E-state index in [9.17, 15) is 9.90 Å². The first-order valence-electron chi connectivity index (χ1n) is 7.41. The topological polar surface area (TPSA) is 55.1 Å². The van der Waals surface area contributed by atoms with Crippen LogP contribution in [0.25, 0.3) is 0 Å². The zero-order chi connectivity index (χ0) is 13.7. The van der Waals surface area contributed by atoms with Crippen molar-refractivity contribution in [2.24, 2.45) is 5.41 Å². The lowest BCUT2D eigenvalue weighted by Gasteiger charge is -2.31. The van der Waals surface area contributed by atoms with Gasteiger partial charge in [-0.05, 0) is 31.7 Å². The van der Waals surface area contributed by atoms with Gasteiger partial charge in [0.15, 0.2) is 0 Å². The molecule has 0 spiro atoms. The first kappa shape index (κ1) is 14.1. The van der Waals surface area contributed by atoms with Crippen LogP contribution in [0, 0.1) is 5.41 Å². The van der Waals surface area contributed by atoms with Crippen LogP contribution in [0.2, 0.25) is 0 Å². The van der Waals surface area contributed by atoms with E-state index < -0.39 is 11.4 Å². The summed E-state index contributed by atoms with van der Waals surface area (Å²) in [5.74, 6) is -0.626. The van der Waals surface area contributed by atoms with Crippen LogP contribution in [0.1, 0.15) is 57.4 Å². The minimum absolute atomic E-state index is 0.567. The quantitative estimate of drug-likeness (QED) is 0.908. The molecule has 1 aromatic rings. The summed E-state index contributed by atoms with van der Waals surface area (Å²) in [6, 6.07) is 0. The molecule has 1 aromatic heterocycles. The SMILES string of the molecule is CCn1cc(CC2(C(=O)O)CCCCCCC2)cn1. The molecule has 0 amide bonds. The van der Waals surface area contributed by atoms with Crippen LogP contribution < -0.4 is 0 Å². The second-order valence-electron chi connectivity index (χ2n) is 5.73. The summed E-state index contributed by atoms with van der Waals surface area (Å²) >= 11 is 0. The van der Waals surface area contributed by atoms with Crippen molar-refractivity contribution < 1.29 is 9.90 Å². The van der Waals surface area contributed by atoms with Gasteiger partial charge in [-0.15, -0.1) is 0 Å². The fraction of sp³-hybridized carbons (Fsp3) is 0.733. The van der Waals surface area contributed by atoms with E-state index in [0.717, 1.165) is 37.8 Å². The van der Waals surface area contributed by atoms with Crippen molar-refractivity contribution in [3.63, 3.8) is 0 Å². The third-order valence-electron chi connectivity index (χ3n) is 4.32. The Morgan fingerprint density at radius 3 is 2.47 bits per heavy atom. The second kappa shape index (κ2) is 6.22. The number of aryl methyl sites for hydroxylation is 1. The Hall–Kier alpha value is -1.32. The number of carboxylic acid groups (broad SMARTS) is 1. The average molecular weight is 264 g/mol. The molecule has 1 heterocycles. The molecule has 0 radical (unpaired) electrons. The van der Waals surface area contributed by atoms with Gasteiger partial charge in [0.25, 0.3) is 0 Å². The third kappa shape index (κ3) is 3.37. The molecule has 2 rings (SSSR count). The lowest BCUT2D eigenvalue weighted by molar-refractivity contribution is -0.150. The van der Waals surface area contributed by atoms with Gasteiger partial charge >= 0.3 is 5.97 Å². The second-order valence-corrected chi connectivity index (χ2v) is 5.73. The molecule has 4 heteroatoms. The van der Waals surface area contributed by atoms with Gasteiger partial charge in [-0.1, -0.05) is 32.1 Å². The van der Waals surface area contributed by atoms with E-state index in [1.165, 1.54) is 19.3 Å². The van der Waals surface area contributed by atoms with Crippen LogP contribution in [0.4, 0.5) is 0 Å². The Balaban J connectivity index is 2.15. The van der Waals surface area contributed by atoms with Gasteiger partial charge in [0.1, 0.15) is 0 Å². The molecule has 1 N–H and O–H groups in total. The van der Waals surface area contributed by atoms with Gasteiger partial charge < -0.3 is 5.11 Å². The largest absolute Gasteiger partial charge is 0.481 e. The summed E-state index contributed by atoms with van der Waals surface area (Å²) in [6.07, 6.45) is 11.7. The standard InChI is InChI=1S/C15H24N2O2/c1-2-17-12-13(11-16-17)10-15(14(18)19)8-6-4-3-5-7-9-15/h11-12H,2-10H2,1H3,(H,18,19). The number of aromatic nitrogens is 2. The maximum absolute atomic E-state index is 11.8. The molecular formula is C15H24N2O2. The van der Waals surface area contributed by atoms with Crippen LogP contribution in [0.3, 0.4) is 0 Å². The summed E-state index contributed by atoms with van der Waals surface area (Å²) in [4.78, 5) is 11.8. The van der Waals surface area contributed by atoms with Crippen LogP contribution in [0.5, 0.6) is 0 Å². The Kier molecular flexibility index (Phi) is 4.61. The van der Waals surface area contributed by atoms with Gasteiger partial charge in [0.2, 0.25) is 0 Å². The third-order valence-corrected chi connectivity index (χ3v) is 4.32. The fourth-order valence-electron chi connectivity index (χ4n) is 3.11. The van der Waals surface area contributed by atoms with Crippen LogP contribution in [-0.4, -0.2) is 20.9 Å². The zero-order valence-corrected chi connectivity index (χ0v) is 11.8. The van der Waals surface area contributed by atoms with Crippen molar-refractivity contribution in [1.29, 1.82) is 0 Å². The summed E-state index contributed by atoms with van der Waals surface area (Å²) in [5, 5.41) is 14.0. The molecule has 0 bridgehead atoms. The van der Waals surface area contributed by atoms with E-state index in [-0.39, 0.29) is 0 Å². The van der Waals surface area contributed by atoms with Crippen LogP contribution in [0.15, 0.2) is 12.4 Å². The minimum Gasteiger partial charge on any atom is -0.481 e. The first-order valence-corrected chi connectivity index (χ1v) is 7.41. The number of carbonyl (C=O) groups is 1. The fourth-order valence-corrected chi connectivity index (χ4v) is 3.11. The molecule has 4 nitrogen and oxygen atoms in total. The predicted octanol–water partition coefficient (Wildman–Crippen LogP) is 3.26. The first-order chi connectivity index (χ1) is 9.16. The number of rotatable bonds is 4. The highest BCUT2D eigenvalue weighted by Gasteiger charge is 2.38. The molecule has 0 aromatic carbocycles. The summed E-state index contributed by atoms with van der Waals surface area (Å²) < 4.78 is 1.87. The molecular weight excluding hydrogens is 240 g/mol. The highest BCUT2D eigenvalue weighted by molar-refractivity contribution is 5.75. The van der Waals surface area contributed by atoms with Gasteiger partial charge in [-0.3, -0.25) is 9.48 Å². The van der Waals surface area contributed by atoms with Crippen molar-refractivity contribution in [2.45, 2.75) is 64.8 Å². The van der Waals surface area contributed by atoms with Crippen molar-refractivity contribution in [1.82, 2.24) is 9.78 Å². The summed E-state index contributed by atoms with van der Waals surface area (Å²) in [5.41, 5.74) is 0.493. The molecule has 0 saturated heterocycles. The smallest absolute Gasteiger partial charge is 0.309 e. The Morgan fingerprint density at radius 1 is 1.32 bits per heavy atom. The number of nitrogens with zero attached hydrogens (tertiary/aromatic N) is 2. The monoisotopic (exact) mass is 264 g/mol. The van der Waals surface area contributed by atoms with Crippen molar-refractivity contribution in [3.05, 3.63) is 18.0 Å². The molecule has 1 saturated carbocycles. The lowest BCUT2D eigenvalue weighted by Crippen LogP contribution is -2.34. The van der Waals surface area contributed by atoms with E-state index >= 15 is 0 Å². The number of hydrogen-bond donors (Lipinski definition) is 1. The van der Waals surface area contributed by atoms with E-state index in [4.69, 9.17) is 0 Å². The molecule has 0 atom stereocenters. The number of carboxylic acids is 1. The summed E-state index contributed by atoms with van der Waals surface area (Å²) in [6.45, 7) is 2.87. The van der Waals surface area contributed by atoms with E-state index in [1.807, 2.05) is 24.0 Å². The average Bonchev–Trinajstić information content (AvgIpc) is 2.80. The normalized spacial score (nSPS) is 19.6. The molecule has 1 fully saturated rings. The Labute approximate surface area is 114 Å². The Morgan fingerprint density at radius 2 is 1.95 bits per heavy atom. The van der Waals surface area contributed by atoms with E-state index in [1.54, 1.807) is 0 Å². The lowest BCUT2D eigenvalue weighted by atomic mass is 9.72. The van der Waals surface area contributed by atoms with Crippen LogP contribution in [-0.2, 0) is 17.8 Å². The number of aliphatic carboxylic acids is 1. The maximum Gasteiger partial charge on any atom is 0.309 e. The van der Waals surface area contributed by atoms with E-state index in [0.29, 0.717) is 6.42 Å². The van der Waals surface area contributed by atoms with Gasteiger partial charge in [0, 0.05) is 12.7 Å². The molecule has 1 aliphatic carbocycles. The molecule has 0 unspecified atom stereocenters. The maximum atomic E-state index is 11.8. The molecule has 106 valence electrons. The highest BCUT2D eigenvalue weighted by atomic mass is 16.4. The molecule has 0 aliphatic heterocycles. The Bertz CT molecular complexity index is 418. The summed E-state index contributed by atoms with van der Waals surface area (Å²) in [7, 11) is 0.